The maximum Gasteiger partial charge on any atom is 0.263 e. The summed E-state index contributed by atoms with van der Waals surface area (Å²) in [7, 11) is 0. The lowest BCUT2D eigenvalue weighted by Crippen LogP contribution is -2.54. The third-order valence-electron chi connectivity index (χ3n) is 5.51. The second-order valence-corrected chi connectivity index (χ2v) is 9.10. The first-order chi connectivity index (χ1) is 16.9. The molecule has 1 aliphatic rings. The molecule has 3 N–H and O–H groups in total. The molecule has 35 heavy (non-hydrogen) atoms. The van der Waals surface area contributed by atoms with Gasteiger partial charge in [-0.05, 0) is 55.8 Å². The lowest BCUT2D eigenvalue weighted by molar-refractivity contribution is -0.118. The van der Waals surface area contributed by atoms with Crippen molar-refractivity contribution in [1.29, 1.82) is 0 Å². The molecule has 3 aromatic rings. The van der Waals surface area contributed by atoms with E-state index in [4.69, 9.17) is 14.6 Å². The number of carbonyl (C=O) groups is 2. The summed E-state index contributed by atoms with van der Waals surface area (Å²) in [5.41, 5.74) is 2.09. The summed E-state index contributed by atoms with van der Waals surface area (Å²) in [6.45, 7) is 5.51. The fourth-order valence-electron chi connectivity index (χ4n) is 3.62. The highest BCUT2D eigenvalue weighted by Gasteiger charge is 2.28. The molecule has 0 radical (unpaired) electrons. The number of hydrogen-bond donors (Lipinski definition) is 3. The molecule has 1 aliphatic heterocycles. The number of hydrogen-bond acceptors (Lipinski definition) is 8. The summed E-state index contributed by atoms with van der Waals surface area (Å²) in [5, 5.41) is 14.4. The molecule has 4 rings (SSSR count). The lowest BCUT2D eigenvalue weighted by Gasteiger charge is -2.40. The number of ether oxygens (including phenoxy) is 2. The quantitative estimate of drug-likeness (QED) is 0.395. The van der Waals surface area contributed by atoms with Crippen LogP contribution in [0.1, 0.15) is 35.1 Å². The van der Waals surface area contributed by atoms with Gasteiger partial charge in [0, 0.05) is 5.69 Å². The predicted molar refractivity (Wildman–Crippen MR) is 134 cm³/mol. The van der Waals surface area contributed by atoms with Crippen LogP contribution in [0.25, 0.3) is 0 Å². The van der Waals surface area contributed by atoms with E-state index < -0.39 is 12.5 Å². The van der Waals surface area contributed by atoms with Crippen LogP contribution in [0.3, 0.4) is 0 Å². The van der Waals surface area contributed by atoms with Gasteiger partial charge in [-0.1, -0.05) is 23.5 Å². The van der Waals surface area contributed by atoms with Crippen LogP contribution in [0.15, 0.2) is 54.7 Å². The van der Waals surface area contributed by atoms with Crippen molar-refractivity contribution in [2.45, 2.75) is 26.0 Å². The molecule has 2 amide bonds. The third kappa shape index (κ3) is 6.28. The average Bonchev–Trinajstić information content (AvgIpc) is 3.31. The fourth-order valence-corrected chi connectivity index (χ4v) is 4.35. The van der Waals surface area contributed by atoms with E-state index in [0.29, 0.717) is 11.5 Å². The van der Waals surface area contributed by atoms with Gasteiger partial charge >= 0.3 is 0 Å². The highest BCUT2D eigenvalue weighted by Crippen LogP contribution is 2.27. The number of thiazole rings is 1. The Labute approximate surface area is 207 Å². The number of benzene rings is 2. The van der Waals surface area contributed by atoms with E-state index in [2.05, 4.69) is 32.7 Å². The zero-order chi connectivity index (χ0) is 24.8. The van der Waals surface area contributed by atoms with E-state index in [1.807, 2.05) is 50.2 Å². The molecule has 1 fully saturated rings. The standard InChI is InChI=1S/C25H28N4O5S/c1-3-33-19-10-6-18(7-11-19)29-13-21(14-29)34-20-8-4-17(5-9-20)16(2)27-24(32)22-12-26-25(35-22)28-23(31)15-30/h4-12,16,21,30H,3,13-15H2,1-2H3,(H,27,32)(H,26,28,31). The number of nitrogens with zero attached hydrogens (tertiary/aromatic N) is 2. The van der Waals surface area contributed by atoms with Gasteiger partial charge in [0.25, 0.3) is 11.8 Å². The van der Waals surface area contributed by atoms with Crippen molar-refractivity contribution >= 4 is 34.0 Å². The van der Waals surface area contributed by atoms with Crippen LogP contribution in [0.5, 0.6) is 11.5 Å². The number of nitrogens with one attached hydrogen (secondary N) is 2. The van der Waals surface area contributed by atoms with Crippen molar-refractivity contribution in [3.63, 3.8) is 0 Å². The van der Waals surface area contributed by atoms with Gasteiger partial charge in [-0.2, -0.15) is 0 Å². The van der Waals surface area contributed by atoms with Gasteiger partial charge in [-0.25, -0.2) is 4.98 Å². The van der Waals surface area contributed by atoms with E-state index in [9.17, 15) is 9.59 Å². The normalized spacial score (nSPS) is 14.1. The van der Waals surface area contributed by atoms with Crippen molar-refractivity contribution in [2.24, 2.45) is 0 Å². The molecule has 10 heteroatoms. The molecule has 9 nitrogen and oxygen atoms in total. The SMILES string of the molecule is CCOc1ccc(N2CC(Oc3ccc(C(C)NC(=O)c4cnc(NC(=O)CO)s4)cc3)C2)cc1. The molecule has 1 saturated heterocycles. The van der Waals surface area contributed by atoms with Gasteiger partial charge in [0.05, 0.1) is 31.9 Å². The van der Waals surface area contributed by atoms with E-state index in [1.54, 1.807) is 0 Å². The van der Waals surface area contributed by atoms with Crippen molar-refractivity contribution in [2.75, 3.05) is 36.5 Å². The molecule has 0 aliphatic carbocycles. The lowest BCUT2D eigenvalue weighted by atomic mass is 10.1. The predicted octanol–water partition coefficient (Wildman–Crippen LogP) is 3.23. The number of anilines is 2. The zero-order valence-electron chi connectivity index (χ0n) is 19.6. The van der Waals surface area contributed by atoms with Gasteiger partial charge in [0.1, 0.15) is 29.1 Å². The van der Waals surface area contributed by atoms with Gasteiger partial charge in [-0.15, -0.1) is 0 Å². The van der Waals surface area contributed by atoms with Crippen LogP contribution < -0.4 is 25.0 Å². The first kappa shape index (κ1) is 24.5. The number of aliphatic hydroxyl groups is 1. The van der Waals surface area contributed by atoms with E-state index >= 15 is 0 Å². The van der Waals surface area contributed by atoms with Crippen LogP contribution >= 0.6 is 11.3 Å². The van der Waals surface area contributed by atoms with Gasteiger partial charge < -0.3 is 24.8 Å². The first-order valence-corrected chi connectivity index (χ1v) is 12.2. The van der Waals surface area contributed by atoms with Crippen LogP contribution in [-0.4, -0.2) is 54.3 Å². The van der Waals surface area contributed by atoms with Crippen molar-refractivity contribution in [1.82, 2.24) is 10.3 Å². The monoisotopic (exact) mass is 496 g/mol. The van der Waals surface area contributed by atoms with E-state index in [0.717, 1.165) is 47.2 Å². The van der Waals surface area contributed by atoms with Crippen LogP contribution in [-0.2, 0) is 4.79 Å². The molecule has 0 saturated carbocycles. The summed E-state index contributed by atoms with van der Waals surface area (Å²) < 4.78 is 11.6. The largest absolute Gasteiger partial charge is 0.494 e. The van der Waals surface area contributed by atoms with E-state index in [1.165, 1.54) is 6.20 Å². The molecule has 1 atom stereocenters. The second-order valence-electron chi connectivity index (χ2n) is 8.07. The van der Waals surface area contributed by atoms with Crippen molar-refractivity contribution < 1.29 is 24.2 Å². The summed E-state index contributed by atoms with van der Waals surface area (Å²) >= 11 is 1.04. The Hall–Kier alpha value is -3.63. The molecule has 1 aromatic heterocycles. The number of carbonyl (C=O) groups excluding carboxylic acids is 2. The zero-order valence-corrected chi connectivity index (χ0v) is 20.4. The summed E-state index contributed by atoms with van der Waals surface area (Å²) in [6.07, 6.45) is 1.52. The summed E-state index contributed by atoms with van der Waals surface area (Å²) in [5.74, 6) is 0.796. The Morgan fingerprint density at radius 1 is 1.14 bits per heavy atom. The molecule has 2 aromatic carbocycles. The topological polar surface area (TPSA) is 113 Å². The van der Waals surface area contributed by atoms with Crippen molar-refractivity contribution in [3.8, 4) is 11.5 Å². The fraction of sp³-hybridized carbons (Fsp3) is 0.320. The Morgan fingerprint density at radius 2 is 1.83 bits per heavy atom. The summed E-state index contributed by atoms with van der Waals surface area (Å²) in [4.78, 5) is 30.4. The number of aliphatic hydroxyl groups excluding tert-OH is 1. The number of aromatic nitrogens is 1. The Balaban J connectivity index is 1.24. The van der Waals surface area contributed by atoms with Gasteiger partial charge in [-0.3, -0.25) is 14.9 Å². The first-order valence-electron chi connectivity index (χ1n) is 11.4. The Bertz CT molecular complexity index is 1140. The number of amides is 2. The highest BCUT2D eigenvalue weighted by molar-refractivity contribution is 7.17. The molecule has 0 spiro atoms. The van der Waals surface area contributed by atoms with E-state index in [-0.39, 0.29) is 23.2 Å². The average molecular weight is 497 g/mol. The Kier molecular flexibility index (Phi) is 7.84. The maximum absolute atomic E-state index is 12.5. The molecular weight excluding hydrogens is 468 g/mol. The minimum Gasteiger partial charge on any atom is -0.494 e. The number of rotatable bonds is 10. The summed E-state index contributed by atoms with van der Waals surface area (Å²) in [6, 6.07) is 15.5. The molecule has 184 valence electrons. The molecule has 2 heterocycles. The maximum atomic E-state index is 12.5. The smallest absolute Gasteiger partial charge is 0.263 e. The van der Waals surface area contributed by atoms with Crippen molar-refractivity contribution in [3.05, 3.63) is 65.2 Å². The van der Waals surface area contributed by atoms with Gasteiger partial charge in [0.15, 0.2) is 5.13 Å². The van der Waals surface area contributed by atoms with Crippen LogP contribution in [0, 0.1) is 0 Å². The van der Waals surface area contributed by atoms with Crippen LogP contribution in [0.2, 0.25) is 0 Å². The molecule has 1 unspecified atom stereocenters. The van der Waals surface area contributed by atoms with Gasteiger partial charge in [0.2, 0.25) is 0 Å². The Morgan fingerprint density at radius 3 is 2.49 bits per heavy atom. The second kappa shape index (κ2) is 11.2. The highest BCUT2D eigenvalue weighted by atomic mass is 32.1. The minimum absolute atomic E-state index is 0.122. The molecular formula is C25H28N4O5S. The van der Waals surface area contributed by atoms with Crippen LogP contribution in [0.4, 0.5) is 10.8 Å². The third-order valence-corrected chi connectivity index (χ3v) is 6.42. The minimum atomic E-state index is -0.639. The molecule has 0 bridgehead atoms.